The van der Waals surface area contributed by atoms with Crippen molar-refractivity contribution in [2.75, 3.05) is 26.2 Å². The molecule has 2 saturated heterocycles. The lowest BCUT2D eigenvalue weighted by atomic mass is 9.95. The summed E-state index contributed by atoms with van der Waals surface area (Å²) in [6.07, 6.45) is -0.0972. The van der Waals surface area contributed by atoms with Crippen molar-refractivity contribution in [3.8, 4) is 11.8 Å². The molecule has 2 heterocycles. The van der Waals surface area contributed by atoms with Gasteiger partial charge in [0.25, 0.3) is 0 Å². The molecule has 4 rings (SSSR count). The predicted molar refractivity (Wildman–Crippen MR) is 102 cm³/mol. The second-order valence-electron chi connectivity index (χ2n) is 7.49. The van der Waals surface area contributed by atoms with Gasteiger partial charge >= 0.3 is 0 Å². The lowest BCUT2D eigenvalue weighted by Crippen LogP contribution is -2.60. The number of aliphatic hydroxyl groups is 1. The molecule has 2 aromatic carbocycles. The molecule has 2 aromatic rings. The van der Waals surface area contributed by atoms with Crippen molar-refractivity contribution >= 4 is 0 Å². The largest absolute Gasteiger partial charge is 0.487 e. The highest BCUT2D eigenvalue weighted by Gasteiger charge is 2.42. The van der Waals surface area contributed by atoms with Crippen LogP contribution in [-0.2, 0) is 6.54 Å². The summed E-state index contributed by atoms with van der Waals surface area (Å²) in [6, 6.07) is 17.3. The van der Waals surface area contributed by atoms with Crippen molar-refractivity contribution < 1.29 is 14.2 Å². The molecule has 28 heavy (non-hydrogen) atoms. The zero-order valence-electron chi connectivity index (χ0n) is 15.4. The Morgan fingerprint density at radius 3 is 2.75 bits per heavy atom. The molecule has 146 valence electrons. The molecule has 2 aliphatic rings. The minimum absolute atomic E-state index is 0.0234. The molecule has 6 nitrogen and oxygen atoms in total. The Morgan fingerprint density at radius 1 is 1.25 bits per heavy atom. The Bertz CT molecular complexity index is 861. The Balaban J connectivity index is 1.42. The molecule has 2 fully saturated rings. The topological polar surface area (TPSA) is 80.5 Å². The van der Waals surface area contributed by atoms with Gasteiger partial charge in [-0.05, 0) is 35.4 Å². The number of hydrazine groups is 1. The summed E-state index contributed by atoms with van der Waals surface area (Å²) in [7, 11) is 0. The molecule has 0 amide bonds. The average molecular weight is 382 g/mol. The molecule has 0 spiro atoms. The number of hydrogen-bond donors (Lipinski definition) is 3. The average Bonchev–Trinajstić information content (AvgIpc) is 3.15. The number of hydrogen-bond acceptors (Lipinski definition) is 6. The van der Waals surface area contributed by atoms with Crippen LogP contribution < -0.4 is 15.6 Å². The lowest BCUT2D eigenvalue weighted by Gasteiger charge is -2.43. The van der Waals surface area contributed by atoms with Crippen molar-refractivity contribution in [3.05, 3.63) is 65.2 Å². The van der Waals surface area contributed by atoms with Crippen molar-refractivity contribution in [3.63, 3.8) is 0 Å². The molecule has 0 radical (unpaired) electrons. The number of aliphatic hydroxyl groups excluding tert-OH is 1. The third kappa shape index (κ3) is 4.01. The Labute approximate surface area is 163 Å². The maximum Gasteiger partial charge on any atom is 0.159 e. The number of benzene rings is 2. The summed E-state index contributed by atoms with van der Waals surface area (Å²) in [5, 5.41) is 18.0. The summed E-state index contributed by atoms with van der Waals surface area (Å²) >= 11 is 0. The molecular weight excluding hydrogens is 359 g/mol. The third-order valence-electron chi connectivity index (χ3n) is 5.22. The van der Waals surface area contributed by atoms with Gasteiger partial charge in [-0.3, -0.25) is 10.3 Å². The van der Waals surface area contributed by atoms with Crippen LogP contribution in [0.5, 0.6) is 5.75 Å². The van der Waals surface area contributed by atoms with E-state index in [-0.39, 0.29) is 25.2 Å². The van der Waals surface area contributed by atoms with Crippen molar-refractivity contribution in [1.29, 1.82) is 5.26 Å². The first-order chi connectivity index (χ1) is 13.6. The number of rotatable bonds is 6. The first kappa shape index (κ1) is 18.8. The fraction of sp³-hybridized carbons (Fsp3) is 0.381. The molecule has 0 saturated carbocycles. The van der Waals surface area contributed by atoms with E-state index in [2.05, 4.69) is 23.0 Å². The van der Waals surface area contributed by atoms with Crippen LogP contribution in [0.4, 0.5) is 4.39 Å². The first-order valence-electron chi connectivity index (χ1n) is 9.35. The maximum absolute atomic E-state index is 13.9. The smallest absolute Gasteiger partial charge is 0.159 e. The Hall–Kier alpha value is -2.50. The summed E-state index contributed by atoms with van der Waals surface area (Å²) in [6.45, 7) is 1.42. The summed E-state index contributed by atoms with van der Waals surface area (Å²) in [4.78, 5) is 1.99. The highest BCUT2D eigenvalue weighted by Crippen LogP contribution is 2.28. The minimum atomic E-state index is -1.45. The molecule has 0 bridgehead atoms. The monoisotopic (exact) mass is 382 g/mol. The van der Waals surface area contributed by atoms with Gasteiger partial charge in [-0.15, -0.1) is 0 Å². The van der Waals surface area contributed by atoms with Gasteiger partial charge in [-0.25, -0.2) is 9.82 Å². The standard InChI is InChI=1S/C21H23FN4O2/c22-21(14-27)12-26(13-21)11-16-2-1-3-17(8-16)20-19(10-24-25-20)28-18-6-4-15(9-23)5-7-18/h1-8,19-20,24-25,27H,10-14H2. The van der Waals surface area contributed by atoms with Gasteiger partial charge in [-0.1, -0.05) is 24.3 Å². The van der Waals surface area contributed by atoms with Crippen LogP contribution in [0, 0.1) is 11.3 Å². The molecule has 0 aromatic heterocycles. The van der Waals surface area contributed by atoms with Crippen LogP contribution in [0.25, 0.3) is 0 Å². The first-order valence-corrected chi connectivity index (χ1v) is 9.35. The summed E-state index contributed by atoms with van der Waals surface area (Å²) < 4.78 is 20.0. The van der Waals surface area contributed by atoms with Crippen LogP contribution >= 0.6 is 0 Å². The Morgan fingerprint density at radius 2 is 2.04 bits per heavy atom. The van der Waals surface area contributed by atoms with E-state index in [1.54, 1.807) is 24.3 Å². The second kappa shape index (κ2) is 7.86. The van der Waals surface area contributed by atoms with E-state index >= 15 is 0 Å². The molecule has 2 unspecified atom stereocenters. The van der Waals surface area contributed by atoms with E-state index < -0.39 is 12.3 Å². The molecule has 2 aliphatic heterocycles. The van der Waals surface area contributed by atoms with Gasteiger partial charge in [0, 0.05) is 26.2 Å². The van der Waals surface area contributed by atoms with Crippen LogP contribution in [0.3, 0.4) is 0 Å². The van der Waals surface area contributed by atoms with Gasteiger partial charge in [0.05, 0.1) is 24.3 Å². The predicted octanol–water partition coefficient (Wildman–Crippen LogP) is 1.67. The van der Waals surface area contributed by atoms with E-state index in [4.69, 9.17) is 15.1 Å². The summed E-state index contributed by atoms with van der Waals surface area (Å²) in [5.41, 5.74) is 7.76. The number of alkyl halides is 1. The van der Waals surface area contributed by atoms with Crippen LogP contribution in [0.1, 0.15) is 22.7 Å². The van der Waals surface area contributed by atoms with E-state index in [0.29, 0.717) is 18.7 Å². The fourth-order valence-electron chi connectivity index (χ4n) is 3.78. The number of halogens is 1. The summed E-state index contributed by atoms with van der Waals surface area (Å²) in [5.74, 6) is 0.722. The lowest BCUT2D eigenvalue weighted by molar-refractivity contribution is -0.0706. The number of nitriles is 1. The van der Waals surface area contributed by atoms with Gasteiger partial charge in [0.2, 0.25) is 0 Å². The highest BCUT2D eigenvalue weighted by molar-refractivity contribution is 5.35. The third-order valence-corrected chi connectivity index (χ3v) is 5.22. The number of likely N-dealkylation sites (tertiary alicyclic amines) is 1. The van der Waals surface area contributed by atoms with E-state index in [1.165, 1.54) is 0 Å². The zero-order valence-corrected chi connectivity index (χ0v) is 15.4. The van der Waals surface area contributed by atoms with Crippen LogP contribution in [0.2, 0.25) is 0 Å². The van der Waals surface area contributed by atoms with Gasteiger partial charge < -0.3 is 9.84 Å². The van der Waals surface area contributed by atoms with Gasteiger partial charge in [-0.2, -0.15) is 5.26 Å². The number of nitrogens with one attached hydrogen (secondary N) is 2. The fourth-order valence-corrected chi connectivity index (χ4v) is 3.78. The van der Waals surface area contributed by atoms with Crippen molar-refractivity contribution in [2.24, 2.45) is 0 Å². The molecule has 7 heteroatoms. The van der Waals surface area contributed by atoms with E-state index in [0.717, 1.165) is 16.9 Å². The number of nitrogens with zero attached hydrogens (tertiary/aromatic N) is 2. The van der Waals surface area contributed by atoms with Gasteiger partial charge in [0.15, 0.2) is 5.67 Å². The molecule has 0 aliphatic carbocycles. The normalized spacial score (nSPS) is 23.8. The quantitative estimate of drug-likeness (QED) is 0.705. The van der Waals surface area contributed by atoms with Crippen molar-refractivity contribution in [1.82, 2.24) is 15.8 Å². The van der Waals surface area contributed by atoms with Crippen LogP contribution in [0.15, 0.2) is 48.5 Å². The van der Waals surface area contributed by atoms with Crippen molar-refractivity contribution in [2.45, 2.75) is 24.4 Å². The molecular formula is C21H23FN4O2. The Kier molecular flexibility index (Phi) is 5.29. The van der Waals surface area contributed by atoms with E-state index in [9.17, 15) is 4.39 Å². The number of ether oxygens (including phenoxy) is 1. The molecule has 3 N–H and O–H groups in total. The SMILES string of the molecule is N#Cc1ccc(OC2CNNC2c2cccc(CN3CC(F)(CO)C3)c2)cc1. The van der Waals surface area contributed by atoms with Gasteiger partial charge in [0.1, 0.15) is 11.9 Å². The second-order valence-corrected chi connectivity index (χ2v) is 7.49. The highest BCUT2D eigenvalue weighted by atomic mass is 19.1. The molecule has 2 atom stereocenters. The maximum atomic E-state index is 13.9. The van der Waals surface area contributed by atoms with Crippen LogP contribution in [-0.4, -0.2) is 48.0 Å². The van der Waals surface area contributed by atoms with E-state index in [1.807, 2.05) is 23.1 Å². The zero-order chi connectivity index (χ0) is 19.6. The minimum Gasteiger partial charge on any atom is -0.487 e.